The summed E-state index contributed by atoms with van der Waals surface area (Å²) < 4.78 is 35.5. The van der Waals surface area contributed by atoms with Gasteiger partial charge in [0.15, 0.2) is 0 Å². The summed E-state index contributed by atoms with van der Waals surface area (Å²) in [5, 5.41) is 9.24. The predicted octanol–water partition coefficient (Wildman–Crippen LogP) is 2.50. The van der Waals surface area contributed by atoms with Crippen molar-refractivity contribution < 1.29 is 18.3 Å². The molecule has 0 aliphatic heterocycles. The molecule has 9 heteroatoms. The maximum Gasteiger partial charge on any atom is 0.337 e. The molecular formula is C14H11N3O4S2. The average molecular weight is 349 g/mol. The summed E-state index contributed by atoms with van der Waals surface area (Å²) in [6.07, 6.45) is 0. The molecule has 1 heterocycles. The minimum Gasteiger partial charge on any atom is -0.478 e. The minimum atomic E-state index is -3.99. The van der Waals surface area contributed by atoms with Gasteiger partial charge in [-0.15, -0.1) is 0 Å². The van der Waals surface area contributed by atoms with Crippen LogP contribution in [0.1, 0.15) is 15.9 Å². The number of anilines is 1. The van der Waals surface area contributed by atoms with E-state index in [2.05, 4.69) is 13.5 Å². The third kappa shape index (κ3) is 2.88. The van der Waals surface area contributed by atoms with E-state index in [-0.39, 0.29) is 21.7 Å². The molecule has 0 fully saturated rings. The molecule has 1 aromatic heterocycles. The molecule has 0 atom stereocenters. The normalized spacial score (nSPS) is 11.5. The van der Waals surface area contributed by atoms with Crippen molar-refractivity contribution in [2.45, 2.75) is 11.8 Å². The third-order valence-electron chi connectivity index (χ3n) is 3.19. The van der Waals surface area contributed by atoms with Crippen LogP contribution in [-0.4, -0.2) is 28.2 Å². The zero-order valence-electron chi connectivity index (χ0n) is 11.8. The number of carboxylic acid groups (broad SMARTS) is 1. The van der Waals surface area contributed by atoms with Crippen LogP contribution in [0.5, 0.6) is 0 Å². The minimum absolute atomic E-state index is 0.00305. The fourth-order valence-corrected chi connectivity index (χ4v) is 3.97. The van der Waals surface area contributed by atoms with E-state index in [9.17, 15) is 18.3 Å². The lowest BCUT2D eigenvalue weighted by Crippen LogP contribution is -2.16. The number of fused-ring (bicyclic) bond motifs is 1. The molecule has 7 nitrogen and oxygen atoms in total. The highest BCUT2D eigenvalue weighted by atomic mass is 32.2. The van der Waals surface area contributed by atoms with E-state index in [4.69, 9.17) is 0 Å². The Hall–Kier alpha value is -2.52. The highest BCUT2D eigenvalue weighted by Gasteiger charge is 2.22. The van der Waals surface area contributed by atoms with E-state index >= 15 is 0 Å². The number of benzene rings is 2. The van der Waals surface area contributed by atoms with Gasteiger partial charge in [-0.3, -0.25) is 4.72 Å². The van der Waals surface area contributed by atoms with Gasteiger partial charge in [-0.2, -0.15) is 8.75 Å². The highest BCUT2D eigenvalue weighted by Crippen LogP contribution is 2.25. The van der Waals surface area contributed by atoms with Gasteiger partial charge in [-0.25, -0.2) is 13.2 Å². The first-order valence-electron chi connectivity index (χ1n) is 6.46. The van der Waals surface area contributed by atoms with Crippen LogP contribution in [0.3, 0.4) is 0 Å². The Balaban J connectivity index is 2.09. The van der Waals surface area contributed by atoms with E-state index < -0.39 is 16.0 Å². The van der Waals surface area contributed by atoms with Gasteiger partial charge in [0.1, 0.15) is 15.9 Å². The first-order valence-corrected chi connectivity index (χ1v) is 8.68. The molecule has 2 aromatic carbocycles. The van der Waals surface area contributed by atoms with E-state index in [1.807, 2.05) is 0 Å². The second kappa shape index (κ2) is 5.60. The van der Waals surface area contributed by atoms with Crippen molar-refractivity contribution in [1.82, 2.24) is 8.75 Å². The molecule has 3 rings (SSSR count). The zero-order valence-corrected chi connectivity index (χ0v) is 13.5. The summed E-state index contributed by atoms with van der Waals surface area (Å²) in [4.78, 5) is 11.3. The Kier molecular flexibility index (Phi) is 3.74. The summed E-state index contributed by atoms with van der Waals surface area (Å²) >= 11 is 0.913. The Morgan fingerprint density at radius 3 is 2.74 bits per heavy atom. The van der Waals surface area contributed by atoms with Crippen LogP contribution >= 0.6 is 11.7 Å². The van der Waals surface area contributed by atoms with E-state index in [0.717, 1.165) is 17.3 Å². The summed E-state index contributed by atoms with van der Waals surface area (Å²) in [6, 6.07) is 9.09. The zero-order chi connectivity index (χ0) is 16.6. The Morgan fingerprint density at radius 2 is 2.00 bits per heavy atom. The molecule has 3 aromatic rings. The lowest BCUT2D eigenvalue weighted by atomic mass is 10.1. The van der Waals surface area contributed by atoms with Crippen molar-refractivity contribution in [2.75, 3.05) is 4.72 Å². The van der Waals surface area contributed by atoms with Gasteiger partial charge >= 0.3 is 5.97 Å². The van der Waals surface area contributed by atoms with Crippen LogP contribution in [0.25, 0.3) is 11.0 Å². The van der Waals surface area contributed by atoms with Crippen LogP contribution in [0.15, 0.2) is 41.3 Å². The third-order valence-corrected chi connectivity index (χ3v) is 5.13. The number of nitrogens with zero attached hydrogens (tertiary/aromatic N) is 2. The van der Waals surface area contributed by atoms with Crippen molar-refractivity contribution in [2.24, 2.45) is 0 Å². The predicted molar refractivity (Wildman–Crippen MR) is 86.4 cm³/mol. The number of sulfonamides is 1. The lowest BCUT2D eigenvalue weighted by molar-refractivity contribution is 0.0698. The largest absolute Gasteiger partial charge is 0.478 e. The molecule has 2 N–H and O–H groups in total. The molecule has 118 valence electrons. The number of hydrogen-bond donors (Lipinski definition) is 2. The fraction of sp³-hybridized carbons (Fsp3) is 0.0714. The molecule has 0 radical (unpaired) electrons. The Morgan fingerprint density at radius 1 is 1.22 bits per heavy atom. The number of carbonyl (C=O) groups is 1. The molecular weight excluding hydrogens is 338 g/mol. The summed E-state index contributed by atoms with van der Waals surface area (Å²) in [7, 11) is -3.99. The molecule has 0 saturated heterocycles. The van der Waals surface area contributed by atoms with Crippen molar-refractivity contribution in [3.8, 4) is 0 Å². The first kappa shape index (κ1) is 15.4. The van der Waals surface area contributed by atoms with Crippen LogP contribution in [0.4, 0.5) is 5.69 Å². The molecule has 23 heavy (non-hydrogen) atoms. The number of hydrogen-bond acceptors (Lipinski definition) is 6. The van der Waals surface area contributed by atoms with Gasteiger partial charge in [0.2, 0.25) is 0 Å². The molecule has 0 bridgehead atoms. The topological polar surface area (TPSA) is 109 Å². The van der Waals surface area contributed by atoms with Gasteiger partial charge in [0, 0.05) is 0 Å². The van der Waals surface area contributed by atoms with Gasteiger partial charge in [0.05, 0.1) is 23.0 Å². The smallest absolute Gasteiger partial charge is 0.337 e. The van der Waals surface area contributed by atoms with Crippen LogP contribution < -0.4 is 4.72 Å². The second-order valence-electron chi connectivity index (χ2n) is 4.85. The van der Waals surface area contributed by atoms with Gasteiger partial charge in [-0.05, 0) is 31.2 Å². The van der Waals surface area contributed by atoms with E-state index in [1.54, 1.807) is 25.1 Å². The average Bonchev–Trinajstić information content (AvgIpc) is 2.96. The van der Waals surface area contributed by atoms with Crippen molar-refractivity contribution in [3.63, 3.8) is 0 Å². The van der Waals surface area contributed by atoms with Crippen LogP contribution in [0.2, 0.25) is 0 Å². The number of aromatic nitrogens is 2. The van der Waals surface area contributed by atoms with E-state index in [1.165, 1.54) is 18.2 Å². The van der Waals surface area contributed by atoms with Crippen molar-refractivity contribution in [1.29, 1.82) is 0 Å². The molecule has 0 spiro atoms. The molecule has 0 amide bonds. The van der Waals surface area contributed by atoms with Crippen molar-refractivity contribution in [3.05, 3.63) is 47.5 Å². The standard InChI is InChI=1S/C14H11N3O4S2/c1-8-5-6-10(9(7-8)14(18)19)17-23(20,21)12-4-2-3-11-13(12)16-22-15-11/h2-7,17H,1H3,(H,18,19). The van der Waals surface area contributed by atoms with Crippen LogP contribution in [0, 0.1) is 6.92 Å². The maximum atomic E-state index is 12.6. The first-order chi connectivity index (χ1) is 10.9. The summed E-state index contributed by atoms with van der Waals surface area (Å²) in [5.74, 6) is -1.21. The molecule has 0 saturated carbocycles. The number of aromatic carboxylic acids is 1. The Labute approximate surface area is 136 Å². The number of aryl methyl sites for hydroxylation is 1. The second-order valence-corrected chi connectivity index (χ2v) is 7.03. The van der Waals surface area contributed by atoms with Crippen molar-refractivity contribution >= 4 is 44.4 Å². The molecule has 0 aliphatic rings. The Bertz CT molecular complexity index is 1010. The van der Waals surface area contributed by atoms with Gasteiger partial charge < -0.3 is 5.11 Å². The van der Waals surface area contributed by atoms with Crippen LogP contribution in [-0.2, 0) is 10.0 Å². The fourth-order valence-electron chi connectivity index (χ4n) is 2.12. The number of rotatable bonds is 4. The summed E-state index contributed by atoms with van der Waals surface area (Å²) in [5.41, 5.74) is 1.34. The highest BCUT2D eigenvalue weighted by molar-refractivity contribution is 7.93. The summed E-state index contributed by atoms with van der Waals surface area (Å²) in [6.45, 7) is 1.73. The van der Waals surface area contributed by atoms with Gasteiger partial charge in [-0.1, -0.05) is 17.7 Å². The quantitative estimate of drug-likeness (QED) is 0.749. The molecule has 0 aliphatic carbocycles. The van der Waals surface area contributed by atoms with E-state index in [0.29, 0.717) is 5.52 Å². The molecule has 0 unspecified atom stereocenters. The SMILES string of the molecule is Cc1ccc(NS(=O)(=O)c2cccc3nsnc23)c(C(=O)O)c1. The monoisotopic (exact) mass is 349 g/mol. The number of nitrogens with one attached hydrogen (secondary N) is 1. The number of carboxylic acids is 1. The van der Waals surface area contributed by atoms with Gasteiger partial charge in [0.25, 0.3) is 10.0 Å². The lowest BCUT2D eigenvalue weighted by Gasteiger charge is -2.11. The maximum absolute atomic E-state index is 12.6.